The van der Waals surface area contributed by atoms with Crippen molar-refractivity contribution in [3.63, 3.8) is 0 Å². The van der Waals surface area contributed by atoms with Gasteiger partial charge in [0.2, 0.25) is 5.91 Å². The monoisotopic (exact) mass is 317 g/mol. The Labute approximate surface area is 135 Å². The van der Waals surface area contributed by atoms with Crippen molar-refractivity contribution in [3.05, 3.63) is 46.6 Å². The molecule has 1 fully saturated rings. The van der Waals surface area contributed by atoms with Crippen LogP contribution in [0.25, 0.3) is 0 Å². The summed E-state index contributed by atoms with van der Waals surface area (Å²) in [5, 5.41) is 8.23. The lowest BCUT2D eigenvalue weighted by Crippen LogP contribution is -2.19. The molecule has 1 amide bonds. The van der Waals surface area contributed by atoms with Crippen LogP contribution in [0, 0.1) is 6.92 Å². The van der Waals surface area contributed by atoms with Crippen molar-refractivity contribution in [2.75, 3.05) is 5.32 Å². The molecule has 0 saturated heterocycles. The fourth-order valence-corrected chi connectivity index (χ4v) is 3.14. The molecule has 22 heavy (non-hydrogen) atoms. The third kappa shape index (κ3) is 3.50. The zero-order chi connectivity index (χ0) is 15.5. The van der Waals surface area contributed by atoms with Crippen molar-refractivity contribution in [1.82, 2.24) is 9.78 Å². The molecular weight excluding hydrogens is 298 g/mol. The van der Waals surface area contributed by atoms with Gasteiger partial charge in [-0.2, -0.15) is 5.10 Å². The molecule has 1 aliphatic rings. The van der Waals surface area contributed by atoms with Crippen molar-refractivity contribution in [2.45, 2.75) is 45.1 Å². The highest BCUT2D eigenvalue weighted by molar-refractivity contribution is 6.30. The summed E-state index contributed by atoms with van der Waals surface area (Å²) in [7, 11) is 0. The molecule has 0 aliphatic heterocycles. The highest BCUT2D eigenvalue weighted by Gasteiger charge is 2.21. The Bertz CT molecular complexity index is 657. The van der Waals surface area contributed by atoms with E-state index in [4.69, 9.17) is 11.6 Å². The number of carbonyl (C=O) groups excluding carboxylic acids is 1. The first-order chi connectivity index (χ1) is 10.6. The van der Waals surface area contributed by atoms with Crippen LogP contribution in [0.5, 0.6) is 0 Å². The number of benzene rings is 1. The minimum Gasteiger partial charge on any atom is -0.311 e. The van der Waals surface area contributed by atoms with Gasteiger partial charge in [-0.05, 0) is 37.5 Å². The summed E-state index contributed by atoms with van der Waals surface area (Å²) in [4.78, 5) is 12.3. The molecule has 116 valence electrons. The maximum Gasteiger partial charge on any atom is 0.229 e. The fourth-order valence-electron chi connectivity index (χ4n) is 3.01. The quantitative estimate of drug-likeness (QED) is 0.921. The van der Waals surface area contributed by atoms with Crippen LogP contribution in [0.2, 0.25) is 5.02 Å². The van der Waals surface area contributed by atoms with Gasteiger partial charge < -0.3 is 5.32 Å². The summed E-state index contributed by atoms with van der Waals surface area (Å²) in [6.45, 7) is 1.96. The first-order valence-corrected chi connectivity index (χ1v) is 8.10. The van der Waals surface area contributed by atoms with E-state index in [0.717, 1.165) is 29.9 Å². The normalized spacial score (nSPS) is 15.2. The van der Waals surface area contributed by atoms with E-state index in [1.165, 1.54) is 12.8 Å². The fraction of sp³-hybridized carbons (Fsp3) is 0.412. The number of nitrogens with one attached hydrogen (secondary N) is 1. The van der Waals surface area contributed by atoms with Crippen LogP contribution in [0.1, 0.15) is 43.0 Å². The summed E-state index contributed by atoms with van der Waals surface area (Å²) in [5.74, 6) is 0.782. The van der Waals surface area contributed by atoms with Gasteiger partial charge in [0.1, 0.15) is 5.82 Å². The predicted molar refractivity (Wildman–Crippen MR) is 88.3 cm³/mol. The van der Waals surface area contributed by atoms with E-state index >= 15 is 0 Å². The summed E-state index contributed by atoms with van der Waals surface area (Å²) in [6.07, 6.45) is 5.10. The molecule has 0 atom stereocenters. The lowest BCUT2D eigenvalue weighted by molar-refractivity contribution is -0.115. The van der Waals surface area contributed by atoms with Gasteiger partial charge in [-0.1, -0.05) is 36.6 Å². The van der Waals surface area contributed by atoms with Crippen molar-refractivity contribution >= 4 is 23.3 Å². The molecule has 3 rings (SSSR count). The van der Waals surface area contributed by atoms with Gasteiger partial charge >= 0.3 is 0 Å². The van der Waals surface area contributed by atoms with E-state index in [0.29, 0.717) is 17.5 Å². The van der Waals surface area contributed by atoms with Crippen LogP contribution < -0.4 is 5.32 Å². The first kappa shape index (κ1) is 15.1. The van der Waals surface area contributed by atoms with Gasteiger partial charge in [0, 0.05) is 11.1 Å². The topological polar surface area (TPSA) is 46.9 Å². The lowest BCUT2D eigenvalue weighted by Gasteiger charge is -2.14. The number of aryl methyl sites for hydroxylation is 1. The van der Waals surface area contributed by atoms with Crippen LogP contribution >= 0.6 is 11.6 Å². The minimum atomic E-state index is -0.0264. The average molecular weight is 318 g/mol. The Morgan fingerprint density at radius 1 is 1.32 bits per heavy atom. The maximum absolute atomic E-state index is 12.3. The smallest absolute Gasteiger partial charge is 0.229 e. The standard InChI is InChI=1S/C17H20ClN3O/c1-12-10-16(21(20-12)15-4-2-3-5-15)19-17(22)11-13-6-8-14(18)9-7-13/h6-10,15H,2-5,11H2,1H3,(H,19,22). The number of carbonyl (C=O) groups is 1. The van der Waals surface area contributed by atoms with Gasteiger partial charge in [0.05, 0.1) is 18.2 Å². The van der Waals surface area contributed by atoms with Crippen molar-refractivity contribution in [3.8, 4) is 0 Å². The van der Waals surface area contributed by atoms with Crippen molar-refractivity contribution in [1.29, 1.82) is 0 Å². The van der Waals surface area contributed by atoms with Gasteiger partial charge in [0.25, 0.3) is 0 Å². The SMILES string of the molecule is Cc1cc(NC(=O)Cc2ccc(Cl)cc2)n(C2CCCC2)n1. The second kappa shape index (κ2) is 6.53. The molecule has 1 aliphatic carbocycles. The van der Waals surface area contributed by atoms with E-state index in [2.05, 4.69) is 10.4 Å². The molecule has 1 aromatic carbocycles. The molecule has 0 unspecified atom stereocenters. The summed E-state index contributed by atoms with van der Waals surface area (Å²) in [6, 6.07) is 9.72. The molecule has 4 nitrogen and oxygen atoms in total. The number of aromatic nitrogens is 2. The van der Waals surface area contributed by atoms with Crippen molar-refractivity contribution < 1.29 is 4.79 Å². The molecule has 1 aromatic heterocycles. The molecule has 1 heterocycles. The van der Waals surface area contributed by atoms with Crippen LogP contribution in [-0.2, 0) is 11.2 Å². The van der Waals surface area contributed by atoms with Gasteiger partial charge in [-0.15, -0.1) is 0 Å². The second-order valence-corrected chi connectivity index (χ2v) is 6.34. The zero-order valence-electron chi connectivity index (χ0n) is 12.7. The Balaban J connectivity index is 1.69. The average Bonchev–Trinajstić information content (AvgIpc) is 3.11. The highest BCUT2D eigenvalue weighted by atomic mass is 35.5. The third-order valence-electron chi connectivity index (χ3n) is 4.07. The van der Waals surface area contributed by atoms with Crippen LogP contribution in [0.4, 0.5) is 5.82 Å². The summed E-state index contributed by atoms with van der Waals surface area (Å²) >= 11 is 5.86. The van der Waals surface area contributed by atoms with Crippen LogP contribution in [-0.4, -0.2) is 15.7 Å². The number of amides is 1. The van der Waals surface area contributed by atoms with Crippen LogP contribution in [0.3, 0.4) is 0 Å². The first-order valence-electron chi connectivity index (χ1n) is 7.72. The number of rotatable bonds is 4. The Hall–Kier alpha value is -1.81. The third-order valence-corrected chi connectivity index (χ3v) is 4.33. The van der Waals surface area contributed by atoms with Gasteiger partial charge in [-0.25, -0.2) is 4.68 Å². The molecule has 2 aromatic rings. The predicted octanol–water partition coefficient (Wildman–Crippen LogP) is 4.14. The number of halogens is 1. The number of nitrogens with zero attached hydrogens (tertiary/aromatic N) is 2. The molecule has 5 heteroatoms. The number of hydrogen-bond acceptors (Lipinski definition) is 2. The Morgan fingerprint density at radius 2 is 2.00 bits per heavy atom. The van der Waals surface area contributed by atoms with Gasteiger partial charge in [0.15, 0.2) is 0 Å². The Kier molecular flexibility index (Phi) is 4.48. The summed E-state index contributed by atoms with van der Waals surface area (Å²) in [5.41, 5.74) is 1.89. The molecule has 0 bridgehead atoms. The highest BCUT2D eigenvalue weighted by Crippen LogP contribution is 2.31. The molecule has 0 spiro atoms. The van der Waals surface area contributed by atoms with Crippen LogP contribution in [0.15, 0.2) is 30.3 Å². The van der Waals surface area contributed by atoms with E-state index < -0.39 is 0 Å². The zero-order valence-corrected chi connectivity index (χ0v) is 13.4. The maximum atomic E-state index is 12.3. The molecule has 1 saturated carbocycles. The molecule has 0 radical (unpaired) electrons. The van der Waals surface area contributed by atoms with E-state index in [9.17, 15) is 4.79 Å². The minimum absolute atomic E-state index is 0.0264. The van der Waals surface area contributed by atoms with E-state index in [1.54, 1.807) is 12.1 Å². The largest absolute Gasteiger partial charge is 0.311 e. The lowest BCUT2D eigenvalue weighted by atomic mass is 10.1. The molecule has 1 N–H and O–H groups in total. The van der Waals surface area contributed by atoms with Crippen molar-refractivity contribution in [2.24, 2.45) is 0 Å². The van der Waals surface area contributed by atoms with E-state index in [1.807, 2.05) is 29.8 Å². The number of hydrogen-bond donors (Lipinski definition) is 1. The Morgan fingerprint density at radius 3 is 2.68 bits per heavy atom. The number of anilines is 1. The second-order valence-electron chi connectivity index (χ2n) is 5.91. The van der Waals surface area contributed by atoms with Gasteiger partial charge in [-0.3, -0.25) is 4.79 Å². The molecular formula is C17H20ClN3O. The van der Waals surface area contributed by atoms with E-state index in [-0.39, 0.29) is 5.91 Å². The summed E-state index contributed by atoms with van der Waals surface area (Å²) < 4.78 is 1.99.